The highest BCUT2D eigenvalue weighted by Crippen LogP contribution is 2.43. The summed E-state index contributed by atoms with van der Waals surface area (Å²) in [7, 11) is 0. The molecule has 0 radical (unpaired) electrons. The van der Waals surface area contributed by atoms with Gasteiger partial charge in [0.1, 0.15) is 0 Å². The van der Waals surface area contributed by atoms with Gasteiger partial charge in [-0.15, -0.1) is 11.3 Å². The van der Waals surface area contributed by atoms with E-state index in [-0.39, 0.29) is 17.3 Å². The summed E-state index contributed by atoms with van der Waals surface area (Å²) >= 11 is 1.16. The molecule has 1 aliphatic carbocycles. The molecule has 0 atom stereocenters. The summed E-state index contributed by atoms with van der Waals surface area (Å²) in [6.07, 6.45) is -8.21. The molecule has 0 aromatic carbocycles. The van der Waals surface area contributed by atoms with E-state index in [2.05, 4.69) is 15.1 Å². The monoisotopic (exact) mass is 404 g/mol. The quantitative estimate of drug-likeness (QED) is 0.556. The summed E-state index contributed by atoms with van der Waals surface area (Å²) in [4.78, 5) is 7.96. The number of hydrogen-bond donors (Lipinski definition) is 0. The first-order valence-electron chi connectivity index (χ1n) is 7.80. The maximum atomic E-state index is 13.3. The Morgan fingerprint density at radius 1 is 0.963 bits per heavy atom. The third kappa shape index (κ3) is 3.55. The van der Waals surface area contributed by atoms with Crippen molar-refractivity contribution in [3.63, 3.8) is 0 Å². The van der Waals surface area contributed by atoms with E-state index in [4.69, 9.17) is 0 Å². The van der Waals surface area contributed by atoms with Gasteiger partial charge in [0.05, 0.1) is 16.3 Å². The lowest BCUT2D eigenvalue weighted by molar-refractivity contribution is -0.142. The van der Waals surface area contributed by atoms with Crippen LogP contribution in [0.1, 0.15) is 35.8 Å². The Balaban J connectivity index is 1.91. The van der Waals surface area contributed by atoms with Gasteiger partial charge in [-0.25, -0.2) is 14.6 Å². The van der Waals surface area contributed by atoms with Crippen LogP contribution in [0.2, 0.25) is 0 Å². The second-order valence-electron chi connectivity index (χ2n) is 6.05. The maximum absolute atomic E-state index is 13.3. The Labute approximate surface area is 152 Å². The first kappa shape index (κ1) is 18.0. The SMILES string of the molecule is FC(F)(F)c1cc(-c2cccs2)nc(-n2nc(C(F)(F)F)cc2C2CC2)n1. The van der Waals surface area contributed by atoms with E-state index in [0.717, 1.165) is 28.2 Å². The predicted octanol–water partition coefficient (Wildman–Crippen LogP) is 5.31. The average molecular weight is 404 g/mol. The highest BCUT2D eigenvalue weighted by molar-refractivity contribution is 7.13. The van der Waals surface area contributed by atoms with Gasteiger partial charge < -0.3 is 0 Å². The van der Waals surface area contributed by atoms with Crippen LogP contribution in [-0.4, -0.2) is 19.7 Å². The van der Waals surface area contributed by atoms with Crippen molar-refractivity contribution in [1.82, 2.24) is 19.7 Å². The van der Waals surface area contributed by atoms with Crippen LogP contribution in [0.4, 0.5) is 26.3 Å². The van der Waals surface area contributed by atoms with Gasteiger partial charge in [0, 0.05) is 5.92 Å². The Hall–Kier alpha value is -2.43. The lowest BCUT2D eigenvalue weighted by Crippen LogP contribution is -2.15. The molecule has 142 valence electrons. The molecular formula is C16H10F6N4S. The van der Waals surface area contributed by atoms with Crippen molar-refractivity contribution in [3.8, 4) is 16.5 Å². The van der Waals surface area contributed by atoms with Gasteiger partial charge in [-0.05, 0) is 36.4 Å². The predicted molar refractivity (Wildman–Crippen MR) is 84.4 cm³/mol. The number of rotatable bonds is 3. The third-order valence-corrected chi connectivity index (χ3v) is 4.88. The molecule has 27 heavy (non-hydrogen) atoms. The third-order valence-electron chi connectivity index (χ3n) is 3.99. The topological polar surface area (TPSA) is 43.6 Å². The molecule has 3 aromatic rings. The van der Waals surface area contributed by atoms with E-state index < -0.39 is 29.7 Å². The molecule has 3 aromatic heterocycles. The highest BCUT2D eigenvalue weighted by Gasteiger charge is 2.39. The first-order chi connectivity index (χ1) is 12.6. The summed E-state index contributed by atoms with van der Waals surface area (Å²) in [5.74, 6) is -0.720. The fourth-order valence-electron chi connectivity index (χ4n) is 2.59. The lowest BCUT2D eigenvalue weighted by Gasteiger charge is -2.11. The van der Waals surface area contributed by atoms with Crippen LogP contribution >= 0.6 is 11.3 Å². The van der Waals surface area contributed by atoms with E-state index in [9.17, 15) is 26.3 Å². The fourth-order valence-corrected chi connectivity index (χ4v) is 3.28. The molecule has 11 heteroatoms. The zero-order valence-corrected chi connectivity index (χ0v) is 14.2. The van der Waals surface area contributed by atoms with Crippen LogP contribution < -0.4 is 0 Å². The van der Waals surface area contributed by atoms with Crippen molar-refractivity contribution in [3.05, 3.63) is 46.7 Å². The maximum Gasteiger partial charge on any atom is 0.435 e. The normalized spacial score (nSPS) is 15.3. The standard InChI is InChI=1S/C16H10F6N4S/c17-15(18,19)12-6-9(11-2-1-5-27-11)23-14(24-12)26-10(8-3-4-8)7-13(25-26)16(20,21)22/h1-2,5-8H,3-4H2. The summed E-state index contributed by atoms with van der Waals surface area (Å²) < 4.78 is 79.8. The van der Waals surface area contributed by atoms with E-state index in [1.165, 1.54) is 0 Å². The smallest absolute Gasteiger partial charge is 0.210 e. The molecule has 0 N–H and O–H groups in total. The van der Waals surface area contributed by atoms with Crippen LogP contribution in [0.3, 0.4) is 0 Å². The van der Waals surface area contributed by atoms with Gasteiger partial charge in [-0.3, -0.25) is 0 Å². The second-order valence-corrected chi connectivity index (χ2v) is 7.00. The van der Waals surface area contributed by atoms with Crippen LogP contribution in [0.25, 0.3) is 16.5 Å². The van der Waals surface area contributed by atoms with Crippen LogP contribution in [-0.2, 0) is 12.4 Å². The van der Waals surface area contributed by atoms with Crippen LogP contribution in [0, 0.1) is 0 Å². The Morgan fingerprint density at radius 3 is 2.22 bits per heavy atom. The van der Waals surface area contributed by atoms with Crippen LogP contribution in [0.5, 0.6) is 0 Å². The molecule has 4 nitrogen and oxygen atoms in total. The van der Waals surface area contributed by atoms with Crippen molar-refractivity contribution in [2.45, 2.75) is 31.1 Å². The van der Waals surface area contributed by atoms with Crippen molar-refractivity contribution in [1.29, 1.82) is 0 Å². The van der Waals surface area contributed by atoms with E-state index >= 15 is 0 Å². The molecule has 4 rings (SSSR count). The molecule has 0 bridgehead atoms. The minimum absolute atomic E-state index is 0.0202. The summed E-state index contributed by atoms with van der Waals surface area (Å²) in [6.45, 7) is 0. The number of aromatic nitrogens is 4. The number of alkyl halides is 6. The van der Waals surface area contributed by atoms with Crippen molar-refractivity contribution in [2.75, 3.05) is 0 Å². The van der Waals surface area contributed by atoms with Gasteiger partial charge >= 0.3 is 12.4 Å². The van der Waals surface area contributed by atoms with Crippen molar-refractivity contribution in [2.24, 2.45) is 0 Å². The molecule has 1 saturated carbocycles. The molecule has 1 fully saturated rings. The Bertz CT molecular complexity index is 970. The number of halogens is 6. The highest BCUT2D eigenvalue weighted by atomic mass is 32.1. The van der Waals surface area contributed by atoms with Gasteiger partial charge in [-0.2, -0.15) is 31.4 Å². The van der Waals surface area contributed by atoms with E-state index in [1.54, 1.807) is 17.5 Å². The molecule has 0 amide bonds. The van der Waals surface area contributed by atoms with Crippen molar-refractivity contribution < 1.29 is 26.3 Å². The minimum Gasteiger partial charge on any atom is -0.210 e. The summed E-state index contributed by atoms with van der Waals surface area (Å²) in [5.41, 5.74) is -2.27. The van der Waals surface area contributed by atoms with Gasteiger partial charge in [0.25, 0.3) is 5.95 Å². The Kier molecular flexibility index (Phi) is 4.02. The fraction of sp³-hybridized carbons (Fsp3) is 0.312. The lowest BCUT2D eigenvalue weighted by atomic mass is 10.2. The minimum atomic E-state index is -4.77. The number of thiophene rings is 1. The molecular weight excluding hydrogens is 394 g/mol. The summed E-state index contributed by atoms with van der Waals surface area (Å²) in [6, 6.07) is 4.84. The zero-order chi connectivity index (χ0) is 19.4. The van der Waals surface area contributed by atoms with Gasteiger partial charge in [0.15, 0.2) is 11.4 Å². The summed E-state index contributed by atoms with van der Waals surface area (Å²) in [5, 5.41) is 5.12. The van der Waals surface area contributed by atoms with Crippen molar-refractivity contribution >= 4 is 11.3 Å². The molecule has 0 unspecified atom stereocenters. The molecule has 0 spiro atoms. The average Bonchev–Trinajstić information content (AvgIpc) is 3.11. The van der Waals surface area contributed by atoms with E-state index in [1.807, 2.05) is 0 Å². The molecule has 3 heterocycles. The molecule has 1 aliphatic rings. The number of nitrogens with zero attached hydrogens (tertiary/aromatic N) is 4. The Morgan fingerprint density at radius 2 is 1.67 bits per heavy atom. The molecule has 0 saturated heterocycles. The molecule has 0 aliphatic heterocycles. The first-order valence-corrected chi connectivity index (χ1v) is 8.68. The second kappa shape index (κ2) is 6.04. The van der Waals surface area contributed by atoms with Crippen LogP contribution in [0.15, 0.2) is 29.6 Å². The van der Waals surface area contributed by atoms with E-state index in [0.29, 0.717) is 17.7 Å². The largest absolute Gasteiger partial charge is 0.435 e. The van der Waals surface area contributed by atoms with Gasteiger partial charge in [-0.1, -0.05) is 6.07 Å². The zero-order valence-electron chi connectivity index (χ0n) is 13.3. The van der Waals surface area contributed by atoms with Gasteiger partial charge in [0.2, 0.25) is 0 Å². The number of hydrogen-bond acceptors (Lipinski definition) is 4.